The molecule has 0 unspecified atom stereocenters. The number of amides is 1. The molecule has 1 aromatic heterocycles. The van der Waals surface area contributed by atoms with Crippen LogP contribution in [0.25, 0.3) is 0 Å². The number of aryl methyl sites for hydroxylation is 1. The Bertz CT molecular complexity index is 848. The molecule has 7 nitrogen and oxygen atoms in total. The number of benzene rings is 1. The van der Waals surface area contributed by atoms with Crippen LogP contribution in [0.3, 0.4) is 0 Å². The first-order valence-corrected chi connectivity index (χ1v) is 8.53. The Balaban J connectivity index is 2.00. The van der Waals surface area contributed by atoms with Gasteiger partial charge in [-0.25, -0.2) is 4.98 Å². The van der Waals surface area contributed by atoms with E-state index in [9.17, 15) is 14.4 Å². The molecule has 0 atom stereocenters. The summed E-state index contributed by atoms with van der Waals surface area (Å²) >= 11 is 1.09. The van der Waals surface area contributed by atoms with E-state index in [1.54, 1.807) is 0 Å². The highest BCUT2D eigenvalue weighted by molar-refractivity contribution is 7.99. The van der Waals surface area contributed by atoms with Crippen molar-refractivity contribution in [2.45, 2.75) is 25.4 Å². The Kier molecular flexibility index (Phi) is 6.35. The summed E-state index contributed by atoms with van der Waals surface area (Å²) in [7, 11) is 1.27. The number of hydrogen-bond donors (Lipinski definition) is 2. The molecule has 0 bridgehead atoms. The van der Waals surface area contributed by atoms with E-state index >= 15 is 0 Å². The van der Waals surface area contributed by atoms with Gasteiger partial charge in [-0.05, 0) is 31.0 Å². The molecule has 0 radical (unpaired) electrons. The molecule has 2 rings (SSSR count). The van der Waals surface area contributed by atoms with Gasteiger partial charge in [0.25, 0.3) is 5.56 Å². The standard InChI is InChI=1S/C17H19N3O4S/c1-10-5-4-6-13(11(10)2)19-15(22)9-25-17-18-12(7-14(21)20-17)8-16(23)24-3/h4-7H,8-9H2,1-3H3,(H,19,22)(H,18,20,21). The topological polar surface area (TPSA) is 101 Å². The van der Waals surface area contributed by atoms with Crippen LogP contribution < -0.4 is 10.9 Å². The minimum atomic E-state index is -0.485. The minimum Gasteiger partial charge on any atom is -0.469 e. The number of carbonyl (C=O) groups is 2. The molecule has 1 heterocycles. The number of carbonyl (C=O) groups excluding carboxylic acids is 2. The lowest BCUT2D eigenvalue weighted by molar-refractivity contribution is -0.139. The molecule has 0 aliphatic carbocycles. The number of aromatic amines is 1. The van der Waals surface area contributed by atoms with Gasteiger partial charge in [0, 0.05) is 11.8 Å². The van der Waals surface area contributed by atoms with Crippen molar-refractivity contribution in [3.63, 3.8) is 0 Å². The molecule has 0 aliphatic rings. The zero-order chi connectivity index (χ0) is 18.4. The van der Waals surface area contributed by atoms with Crippen molar-refractivity contribution < 1.29 is 14.3 Å². The van der Waals surface area contributed by atoms with Crippen LogP contribution in [0.4, 0.5) is 5.69 Å². The van der Waals surface area contributed by atoms with Gasteiger partial charge in [0.05, 0.1) is 25.0 Å². The summed E-state index contributed by atoms with van der Waals surface area (Å²) in [5.74, 6) is -0.612. The molecule has 0 saturated heterocycles. The van der Waals surface area contributed by atoms with Crippen LogP contribution in [0.5, 0.6) is 0 Å². The van der Waals surface area contributed by atoms with Gasteiger partial charge in [0.2, 0.25) is 5.91 Å². The van der Waals surface area contributed by atoms with E-state index in [0.717, 1.165) is 28.6 Å². The molecule has 2 N–H and O–H groups in total. The summed E-state index contributed by atoms with van der Waals surface area (Å²) in [4.78, 5) is 41.7. The molecule has 0 aliphatic heterocycles. The fraction of sp³-hybridized carbons (Fsp3) is 0.294. The largest absolute Gasteiger partial charge is 0.469 e. The first kappa shape index (κ1) is 18.7. The van der Waals surface area contributed by atoms with Crippen molar-refractivity contribution in [3.8, 4) is 0 Å². The Labute approximate surface area is 149 Å². The summed E-state index contributed by atoms with van der Waals surface area (Å²) in [6, 6.07) is 6.92. The first-order valence-electron chi connectivity index (χ1n) is 7.55. The number of thioether (sulfide) groups is 1. The SMILES string of the molecule is COC(=O)Cc1cc(=O)[nH]c(SCC(=O)Nc2cccc(C)c2C)n1. The van der Waals surface area contributed by atoms with Crippen molar-refractivity contribution >= 4 is 29.3 Å². The van der Waals surface area contributed by atoms with Gasteiger partial charge < -0.3 is 15.0 Å². The summed E-state index contributed by atoms with van der Waals surface area (Å²) in [6.45, 7) is 3.91. The maximum absolute atomic E-state index is 12.1. The Morgan fingerprint density at radius 2 is 2.08 bits per heavy atom. The Hall–Kier alpha value is -2.61. The van der Waals surface area contributed by atoms with Crippen LogP contribution >= 0.6 is 11.8 Å². The number of methoxy groups -OCH3 is 1. The number of aromatic nitrogens is 2. The molecule has 1 amide bonds. The van der Waals surface area contributed by atoms with E-state index in [4.69, 9.17) is 0 Å². The molecule has 0 saturated carbocycles. The number of rotatable bonds is 6. The summed E-state index contributed by atoms with van der Waals surface area (Å²) in [5.41, 5.74) is 2.77. The summed E-state index contributed by atoms with van der Waals surface area (Å²) in [6.07, 6.45) is -0.0946. The van der Waals surface area contributed by atoms with Gasteiger partial charge in [0.1, 0.15) is 0 Å². The quantitative estimate of drug-likeness (QED) is 0.462. The molecular formula is C17H19N3O4S. The van der Waals surface area contributed by atoms with Crippen molar-refractivity contribution in [2.75, 3.05) is 18.2 Å². The van der Waals surface area contributed by atoms with E-state index in [0.29, 0.717) is 5.69 Å². The van der Waals surface area contributed by atoms with Gasteiger partial charge in [-0.15, -0.1) is 0 Å². The highest BCUT2D eigenvalue weighted by atomic mass is 32.2. The third-order valence-electron chi connectivity index (χ3n) is 3.54. The summed E-state index contributed by atoms with van der Waals surface area (Å²) < 4.78 is 4.56. The van der Waals surface area contributed by atoms with Gasteiger partial charge >= 0.3 is 5.97 Å². The molecule has 25 heavy (non-hydrogen) atoms. The molecule has 1 aromatic carbocycles. The van der Waals surface area contributed by atoms with Gasteiger partial charge in [-0.2, -0.15) is 0 Å². The summed E-state index contributed by atoms with van der Waals surface area (Å²) in [5, 5.41) is 3.12. The van der Waals surface area contributed by atoms with E-state index in [2.05, 4.69) is 20.0 Å². The molecule has 132 valence electrons. The van der Waals surface area contributed by atoms with Crippen molar-refractivity contribution in [1.29, 1.82) is 0 Å². The number of ether oxygens (including phenoxy) is 1. The predicted molar refractivity (Wildman–Crippen MR) is 95.8 cm³/mol. The first-order chi connectivity index (χ1) is 11.9. The Morgan fingerprint density at radius 1 is 1.32 bits per heavy atom. The maximum Gasteiger partial charge on any atom is 0.311 e. The molecular weight excluding hydrogens is 342 g/mol. The number of nitrogens with one attached hydrogen (secondary N) is 2. The highest BCUT2D eigenvalue weighted by Crippen LogP contribution is 2.19. The van der Waals surface area contributed by atoms with E-state index < -0.39 is 5.97 Å². The molecule has 0 fully saturated rings. The van der Waals surface area contributed by atoms with Crippen molar-refractivity contribution in [1.82, 2.24) is 9.97 Å². The normalized spacial score (nSPS) is 10.4. The van der Waals surface area contributed by atoms with Crippen LogP contribution in [0.2, 0.25) is 0 Å². The van der Waals surface area contributed by atoms with Crippen LogP contribution in [-0.4, -0.2) is 34.7 Å². The average molecular weight is 361 g/mol. The minimum absolute atomic E-state index is 0.0813. The Morgan fingerprint density at radius 3 is 2.80 bits per heavy atom. The number of nitrogens with zero attached hydrogens (tertiary/aromatic N) is 1. The van der Waals surface area contributed by atoms with Gasteiger partial charge in [-0.1, -0.05) is 23.9 Å². The van der Waals surface area contributed by atoms with Crippen LogP contribution in [0.15, 0.2) is 34.2 Å². The zero-order valence-electron chi connectivity index (χ0n) is 14.2. The molecule has 8 heteroatoms. The monoisotopic (exact) mass is 361 g/mol. The number of anilines is 1. The van der Waals surface area contributed by atoms with E-state index in [-0.39, 0.29) is 28.8 Å². The van der Waals surface area contributed by atoms with Crippen LogP contribution in [0.1, 0.15) is 16.8 Å². The zero-order valence-corrected chi connectivity index (χ0v) is 15.0. The fourth-order valence-corrected chi connectivity index (χ4v) is 2.76. The third kappa shape index (κ3) is 5.46. The van der Waals surface area contributed by atoms with E-state index in [1.807, 2.05) is 32.0 Å². The second kappa shape index (κ2) is 8.48. The van der Waals surface area contributed by atoms with E-state index in [1.165, 1.54) is 13.2 Å². The highest BCUT2D eigenvalue weighted by Gasteiger charge is 2.10. The third-order valence-corrected chi connectivity index (χ3v) is 4.42. The van der Waals surface area contributed by atoms with Crippen molar-refractivity contribution in [3.05, 3.63) is 51.4 Å². The number of hydrogen-bond acceptors (Lipinski definition) is 6. The lowest BCUT2D eigenvalue weighted by Gasteiger charge is -2.10. The lowest BCUT2D eigenvalue weighted by Crippen LogP contribution is -2.17. The molecule has 2 aromatic rings. The number of H-pyrrole nitrogens is 1. The lowest BCUT2D eigenvalue weighted by atomic mass is 10.1. The van der Waals surface area contributed by atoms with Crippen LogP contribution in [-0.2, 0) is 20.7 Å². The second-order valence-electron chi connectivity index (χ2n) is 5.38. The average Bonchev–Trinajstić information content (AvgIpc) is 2.56. The maximum atomic E-state index is 12.1. The molecule has 0 spiro atoms. The van der Waals surface area contributed by atoms with Gasteiger partial charge in [-0.3, -0.25) is 14.4 Å². The second-order valence-corrected chi connectivity index (χ2v) is 6.34. The number of esters is 1. The fourth-order valence-electron chi connectivity index (χ4n) is 2.07. The van der Waals surface area contributed by atoms with Gasteiger partial charge in [0.15, 0.2) is 5.16 Å². The van der Waals surface area contributed by atoms with Crippen molar-refractivity contribution in [2.24, 2.45) is 0 Å². The van der Waals surface area contributed by atoms with Crippen LogP contribution in [0, 0.1) is 13.8 Å². The smallest absolute Gasteiger partial charge is 0.311 e. The predicted octanol–water partition coefficient (Wildman–Crippen LogP) is 1.83.